The molecule has 1 atom stereocenters. The molecule has 0 saturated carbocycles. The Labute approximate surface area is 98.6 Å². The number of carbonyl (C=O) groups excluding carboxylic acids is 1. The predicted octanol–water partition coefficient (Wildman–Crippen LogP) is 0.714. The van der Waals surface area contributed by atoms with Crippen molar-refractivity contribution in [3.8, 4) is 0 Å². The number of nitrogens with two attached hydrogens (primary N) is 1. The molecule has 4 heteroatoms. The number of likely N-dealkylation sites (tertiary alicyclic amines) is 1. The Hall–Kier alpha value is -0.610. The van der Waals surface area contributed by atoms with Gasteiger partial charge in [-0.05, 0) is 26.2 Å². The third kappa shape index (κ3) is 4.94. The van der Waals surface area contributed by atoms with Crippen molar-refractivity contribution in [2.24, 2.45) is 5.73 Å². The number of hydrogen-bond donors (Lipinski definition) is 2. The summed E-state index contributed by atoms with van der Waals surface area (Å²) in [6.45, 7) is 6.64. The Morgan fingerprint density at radius 2 is 2.12 bits per heavy atom. The molecule has 16 heavy (non-hydrogen) atoms. The summed E-state index contributed by atoms with van der Waals surface area (Å²) in [5.41, 5.74) is 5.82. The molecule has 4 nitrogen and oxygen atoms in total. The quantitative estimate of drug-likeness (QED) is 0.727. The van der Waals surface area contributed by atoms with Crippen molar-refractivity contribution >= 4 is 5.91 Å². The van der Waals surface area contributed by atoms with Crippen LogP contribution in [0.5, 0.6) is 0 Å². The minimum absolute atomic E-state index is 0.149. The first-order chi connectivity index (χ1) is 7.61. The number of rotatable bonds is 5. The van der Waals surface area contributed by atoms with Crippen molar-refractivity contribution < 1.29 is 4.79 Å². The maximum atomic E-state index is 11.7. The van der Waals surface area contributed by atoms with E-state index in [1.807, 2.05) is 0 Å². The predicted molar refractivity (Wildman–Crippen MR) is 66.2 cm³/mol. The molecule has 94 valence electrons. The molecule has 1 aliphatic rings. The maximum Gasteiger partial charge on any atom is 0.234 e. The molecule has 1 heterocycles. The van der Waals surface area contributed by atoms with Crippen LogP contribution < -0.4 is 11.1 Å². The van der Waals surface area contributed by atoms with E-state index in [4.69, 9.17) is 5.73 Å². The fourth-order valence-electron chi connectivity index (χ4n) is 2.14. The largest absolute Gasteiger partial charge is 0.353 e. The summed E-state index contributed by atoms with van der Waals surface area (Å²) < 4.78 is 0. The highest BCUT2D eigenvalue weighted by molar-refractivity contribution is 5.78. The molecule has 0 radical (unpaired) electrons. The highest BCUT2D eigenvalue weighted by Gasteiger charge is 2.18. The van der Waals surface area contributed by atoms with Crippen LogP contribution in [0.4, 0.5) is 0 Å². The average molecular weight is 227 g/mol. The van der Waals surface area contributed by atoms with Crippen LogP contribution in [-0.4, -0.2) is 42.5 Å². The lowest BCUT2D eigenvalue weighted by Gasteiger charge is -2.29. The van der Waals surface area contributed by atoms with E-state index in [-0.39, 0.29) is 5.91 Å². The highest BCUT2D eigenvalue weighted by atomic mass is 16.2. The lowest BCUT2D eigenvalue weighted by Crippen LogP contribution is -2.46. The molecule has 0 aliphatic carbocycles. The zero-order valence-corrected chi connectivity index (χ0v) is 10.5. The van der Waals surface area contributed by atoms with E-state index in [1.165, 1.54) is 0 Å². The molecule has 1 fully saturated rings. The van der Waals surface area contributed by atoms with Gasteiger partial charge >= 0.3 is 0 Å². The molecule has 1 aliphatic heterocycles. The van der Waals surface area contributed by atoms with Gasteiger partial charge in [0.1, 0.15) is 0 Å². The summed E-state index contributed by atoms with van der Waals surface area (Å²) >= 11 is 0. The second-order valence-corrected chi connectivity index (χ2v) is 4.87. The van der Waals surface area contributed by atoms with E-state index < -0.39 is 0 Å². The van der Waals surface area contributed by atoms with E-state index >= 15 is 0 Å². The Morgan fingerprint density at radius 3 is 2.69 bits per heavy atom. The fraction of sp³-hybridized carbons (Fsp3) is 0.917. The molecular weight excluding hydrogens is 202 g/mol. The first-order valence-electron chi connectivity index (χ1n) is 6.39. The van der Waals surface area contributed by atoms with E-state index in [0.717, 1.165) is 38.8 Å². The minimum Gasteiger partial charge on any atom is -0.353 e. The Balaban J connectivity index is 2.18. The van der Waals surface area contributed by atoms with E-state index in [2.05, 4.69) is 24.1 Å². The molecule has 0 aromatic heterocycles. The first-order valence-corrected chi connectivity index (χ1v) is 6.39. The van der Waals surface area contributed by atoms with Crippen LogP contribution in [0.25, 0.3) is 0 Å². The van der Waals surface area contributed by atoms with E-state index in [0.29, 0.717) is 18.6 Å². The Morgan fingerprint density at radius 1 is 1.50 bits per heavy atom. The van der Waals surface area contributed by atoms with Crippen LogP contribution in [0, 0.1) is 0 Å². The van der Waals surface area contributed by atoms with Crippen molar-refractivity contribution in [1.82, 2.24) is 10.2 Å². The van der Waals surface area contributed by atoms with Crippen LogP contribution in [0.2, 0.25) is 0 Å². The van der Waals surface area contributed by atoms with Crippen LogP contribution in [0.3, 0.4) is 0 Å². The molecule has 1 saturated heterocycles. The first kappa shape index (κ1) is 13.5. The minimum atomic E-state index is 0.149. The van der Waals surface area contributed by atoms with Gasteiger partial charge in [-0.1, -0.05) is 13.3 Å². The summed E-state index contributed by atoms with van der Waals surface area (Å²) in [5, 5.41) is 3.03. The van der Waals surface area contributed by atoms with E-state index in [1.54, 1.807) is 0 Å². The van der Waals surface area contributed by atoms with Crippen molar-refractivity contribution in [3.05, 3.63) is 0 Å². The zero-order chi connectivity index (χ0) is 12.0. The van der Waals surface area contributed by atoms with Gasteiger partial charge in [0.25, 0.3) is 0 Å². The molecule has 1 rings (SSSR count). The zero-order valence-electron chi connectivity index (χ0n) is 10.5. The van der Waals surface area contributed by atoms with Crippen LogP contribution in [0.1, 0.15) is 39.5 Å². The second kappa shape index (κ2) is 6.86. The number of amides is 1. The van der Waals surface area contributed by atoms with Gasteiger partial charge in [-0.15, -0.1) is 0 Å². The van der Waals surface area contributed by atoms with Gasteiger partial charge in [-0.2, -0.15) is 0 Å². The molecule has 1 amide bonds. The topological polar surface area (TPSA) is 58.4 Å². The van der Waals surface area contributed by atoms with Crippen LogP contribution >= 0.6 is 0 Å². The molecule has 0 aromatic rings. The van der Waals surface area contributed by atoms with Crippen LogP contribution in [-0.2, 0) is 4.79 Å². The third-order valence-corrected chi connectivity index (χ3v) is 3.13. The Kier molecular flexibility index (Phi) is 5.77. The van der Waals surface area contributed by atoms with Crippen molar-refractivity contribution in [3.63, 3.8) is 0 Å². The summed E-state index contributed by atoms with van der Waals surface area (Å²) in [6.07, 6.45) is 4.19. The van der Waals surface area contributed by atoms with Crippen LogP contribution in [0.15, 0.2) is 0 Å². The van der Waals surface area contributed by atoms with Gasteiger partial charge < -0.3 is 11.1 Å². The lowest BCUT2D eigenvalue weighted by atomic mass is 10.1. The standard InChI is InChI=1S/C12H25N3O/c1-3-4-10(2)14-12(16)9-15-7-5-11(13)6-8-15/h10-11H,3-9,13H2,1-2H3,(H,14,16). The third-order valence-electron chi connectivity index (χ3n) is 3.13. The highest BCUT2D eigenvalue weighted by Crippen LogP contribution is 2.07. The molecule has 0 aromatic carbocycles. The summed E-state index contributed by atoms with van der Waals surface area (Å²) in [4.78, 5) is 13.9. The SMILES string of the molecule is CCCC(C)NC(=O)CN1CCC(N)CC1. The van der Waals surface area contributed by atoms with Gasteiger partial charge in [0.2, 0.25) is 5.91 Å². The van der Waals surface area contributed by atoms with Gasteiger partial charge in [-0.3, -0.25) is 9.69 Å². The summed E-state index contributed by atoms with van der Waals surface area (Å²) in [7, 11) is 0. The average Bonchev–Trinajstić information content (AvgIpc) is 2.21. The van der Waals surface area contributed by atoms with E-state index in [9.17, 15) is 4.79 Å². The van der Waals surface area contributed by atoms with Crippen molar-refractivity contribution in [2.45, 2.75) is 51.6 Å². The normalized spacial score (nSPS) is 20.7. The number of hydrogen-bond acceptors (Lipinski definition) is 3. The number of nitrogens with one attached hydrogen (secondary N) is 1. The van der Waals surface area contributed by atoms with Gasteiger partial charge in [0.15, 0.2) is 0 Å². The lowest BCUT2D eigenvalue weighted by molar-refractivity contribution is -0.123. The number of piperidine rings is 1. The second-order valence-electron chi connectivity index (χ2n) is 4.87. The van der Waals surface area contributed by atoms with Crippen molar-refractivity contribution in [1.29, 1.82) is 0 Å². The molecule has 0 bridgehead atoms. The molecule has 1 unspecified atom stereocenters. The number of nitrogens with zero attached hydrogens (tertiary/aromatic N) is 1. The molecule has 0 spiro atoms. The van der Waals surface area contributed by atoms with Gasteiger partial charge in [-0.25, -0.2) is 0 Å². The maximum absolute atomic E-state index is 11.7. The van der Waals surface area contributed by atoms with Crippen molar-refractivity contribution in [2.75, 3.05) is 19.6 Å². The smallest absolute Gasteiger partial charge is 0.234 e. The van der Waals surface area contributed by atoms with Gasteiger partial charge in [0, 0.05) is 25.2 Å². The fourth-order valence-corrected chi connectivity index (χ4v) is 2.14. The monoisotopic (exact) mass is 227 g/mol. The summed E-state index contributed by atoms with van der Waals surface area (Å²) in [5.74, 6) is 0.149. The molecular formula is C12H25N3O. The summed E-state index contributed by atoms with van der Waals surface area (Å²) in [6, 6.07) is 0.628. The van der Waals surface area contributed by atoms with Gasteiger partial charge in [0.05, 0.1) is 6.54 Å². The molecule has 3 N–H and O–H groups in total. The Bertz CT molecular complexity index is 212. The number of carbonyl (C=O) groups is 1.